The maximum Gasteiger partial charge on any atom is 0.252 e. The van der Waals surface area contributed by atoms with Gasteiger partial charge in [0.25, 0.3) is 5.91 Å². The van der Waals surface area contributed by atoms with E-state index in [4.69, 9.17) is 4.74 Å². The van der Waals surface area contributed by atoms with Crippen LogP contribution in [0.2, 0.25) is 0 Å². The second-order valence-corrected chi connectivity index (χ2v) is 5.40. The molecule has 0 aromatic heterocycles. The molecule has 4 heteroatoms. The zero-order chi connectivity index (χ0) is 15.1. The lowest BCUT2D eigenvalue weighted by molar-refractivity contribution is 0.0946. The highest BCUT2D eigenvalue weighted by molar-refractivity contribution is 9.10. The van der Waals surface area contributed by atoms with Crippen LogP contribution in [0.5, 0.6) is 5.75 Å². The Morgan fingerprint density at radius 2 is 1.86 bits per heavy atom. The van der Waals surface area contributed by atoms with Gasteiger partial charge in [0.05, 0.1) is 12.1 Å². The Balaban J connectivity index is 1.82. The van der Waals surface area contributed by atoms with Crippen molar-refractivity contribution in [2.75, 3.05) is 13.2 Å². The largest absolute Gasteiger partial charge is 0.491 e. The molecule has 0 bridgehead atoms. The number of hydrogen-bond acceptors (Lipinski definition) is 2. The zero-order valence-electron chi connectivity index (χ0n) is 11.9. The number of para-hydroxylation sites is 1. The average molecular weight is 348 g/mol. The van der Waals surface area contributed by atoms with Crippen molar-refractivity contribution < 1.29 is 9.53 Å². The number of hydrogen-bond donors (Lipinski definition) is 1. The van der Waals surface area contributed by atoms with E-state index in [1.807, 2.05) is 36.4 Å². The van der Waals surface area contributed by atoms with Crippen LogP contribution in [0.1, 0.15) is 22.8 Å². The molecule has 1 N–H and O–H groups in total. The van der Waals surface area contributed by atoms with Crippen LogP contribution in [0.25, 0.3) is 0 Å². The van der Waals surface area contributed by atoms with Gasteiger partial charge in [-0.15, -0.1) is 0 Å². The normalized spacial score (nSPS) is 10.2. The number of amides is 1. The minimum Gasteiger partial charge on any atom is -0.491 e. The molecule has 0 spiro atoms. The first-order valence-corrected chi connectivity index (χ1v) is 7.75. The van der Waals surface area contributed by atoms with Gasteiger partial charge < -0.3 is 10.1 Å². The molecule has 0 aliphatic heterocycles. The van der Waals surface area contributed by atoms with Crippen LogP contribution in [-0.4, -0.2) is 19.1 Å². The lowest BCUT2D eigenvalue weighted by Crippen LogP contribution is -2.28. The molecule has 110 valence electrons. The van der Waals surface area contributed by atoms with Crippen LogP contribution < -0.4 is 10.1 Å². The van der Waals surface area contributed by atoms with E-state index in [0.717, 1.165) is 16.6 Å². The summed E-state index contributed by atoms with van der Waals surface area (Å²) in [6.07, 6.45) is 0.930. The van der Waals surface area contributed by atoms with Gasteiger partial charge >= 0.3 is 0 Å². The van der Waals surface area contributed by atoms with Gasteiger partial charge in [-0.3, -0.25) is 4.79 Å². The van der Waals surface area contributed by atoms with Crippen molar-refractivity contribution in [1.82, 2.24) is 5.32 Å². The number of halogens is 1. The second kappa shape index (κ2) is 7.84. The molecule has 0 radical (unpaired) electrons. The molecule has 0 aliphatic carbocycles. The number of carbonyl (C=O) groups excluding carboxylic acids is 1. The Bertz CT molecular complexity index is 613. The van der Waals surface area contributed by atoms with Crippen LogP contribution in [0, 0.1) is 0 Å². The molecule has 0 heterocycles. The molecule has 0 saturated carbocycles. The summed E-state index contributed by atoms with van der Waals surface area (Å²) in [5, 5.41) is 2.85. The maximum atomic E-state index is 12.0. The molecular weight excluding hydrogens is 330 g/mol. The Morgan fingerprint density at radius 1 is 1.14 bits per heavy atom. The molecule has 0 unspecified atom stereocenters. The van der Waals surface area contributed by atoms with Gasteiger partial charge in [-0.1, -0.05) is 37.3 Å². The smallest absolute Gasteiger partial charge is 0.252 e. The number of nitrogens with one attached hydrogen (secondary N) is 1. The lowest BCUT2D eigenvalue weighted by atomic mass is 10.1. The van der Waals surface area contributed by atoms with Gasteiger partial charge in [-0.25, -0.2) is 0 Å². The van der Waals surface area contributed by atoms with E-state index >= 15 is 0 Å². The first kappa shape index (κ1) is 15.6. The minimum absolute atomic E-state index is 0.102. The molecule has 21 heavy (non-hydrogen) atoms. The fraction of sp³-hybridized carbons (Fsp3) is 0.235. The summed E-state index contributed by atoms with van der Waals surface area (Å²) < 4.78 is 6.51. The van der Waals surface area contributed by atoms with E-state index in [0.29, 0.717) is 18.7 Å². The Morgan fingerprint density at radius 3 is 2.62 bits per heavy atom. The molecule has 0 atom stereocenters. The molecule has 0 fully saturated rings. The summed E-state index contributed by atoms with van der Waals surface area (Å²) in [5.41, 5.74) is 1.81. The molecule has 0 aliphatic rings. The van der Waals surface area contributed by atoms with Crippen molar-refractivity contribution in [2.24, 2.45) is 0 Å². The van der Waals surface area contributed by atoms with E-state index in [2.05, 4.69) is 34.2 Å². The molecule has 2 aromatic rings. The third-order valence-electron chi connectivity index (χ3n) is 3.12. The quantitative estimate of drug-likeness (QED) is 0.806. The fourth-order valence-electron chi connectivity index (χ4n) is 2.00. The first-order chi connectivity index (χ1) is 10.2. The number of ether oxygens (including phenoxy) is 1. The zero-order valence-corrected chi connectivity index (χ0v) is 13.5. The molecule has 3 nitrogen and oxygen atoms in total. The standard InChI is InChI=1S/C17H18BrNO2/c1-2-13-7-3-6-10-16(13)21-12-11-19-17(20)14-8-4-5-9-15(14)18/h3-10H,2,11-12H2,1H3,(H,19,20). The summed E-state index contributed by atoms with van der Waals surface area (Å²) in [6.45, 7) is 3.02. The first-order valence-electron chi connectivity index (χ1n) is 6.95. The summed E-state index contributed by atoms with van der Waals surface area (Å²) in [5.74, 6) is 0.782. The number of carbonyl (C=O) groups is 1. The Hall–Kier alpha value is -1.81. The van der Waals surface area contributed by atoms with E-state index in [1.54, 1.807) is 6.07 Å². The number of benzene rings is 2. The van der Waals surface area contributed by atoms with Crippen molar-refractivity contribution in [3.05, 3.63) is 64.1 Å². The lowest BCUT2D eigenvalue weighted by Gasteiger charge is -2.11. The van der Waals surface area contributed by atoms with Crippen molar-refractivity contribution in [3.63, 3.8) is 0 Å². The molecule has 2 rings (SSSR count). The third-order valence-corrected chi connectivity index (χ3v) is 3.81. The highest BCUT2D eigenvalue weighted by Gasteiger charge is 2.08. The summed E-state index contributed by atoms with van der Waals surface area (Å²) in [6, 6.07) is 15.3. The SMILES string of the molecule is CCc1ccccc1OCCNC(=O)c1ccccc1Br. The predicted molar refractivity (Wildman–Crippen MR) is 87.8 cm³/mol. The monoisotopic (exact) mass is 347 g/mol. The van der Waals surface area contributed by atoms with Gasteiger partial charge in [0, 0.05) is 4.47 Å². The van der Waals surface area contributed by atoms with E-state index in [1.165, 1.54) is 5.56 Å². The summed E-state index contributed by atoms with van der Waals surface area (Å²) in [7, 11) is 0. The number of aryl methyl sites for hydroxylation is 1. The van der Waals surface area contributed by atoms with Crippen LogP contribution >= 0.6 is 15.9 Å². The minimum atomic E-state index is -0.102. The second-order valence-electron chi connectivity index (χ2n) is 4.55. The van der Waals surface area contributed by atoms with Crippen LogP contribution in [0.3, 0.4) is 0 Å². The van der Waals surface area contributed by atoms with E-state index in [9.17, 15) is 4.79 Å². The van der Waals surface area contributed by atoms with Crippen molar-refractivity contribution in [1.29, 1.82) is 0 Å². The van der Waals surface area contributed by atoms with Gasteiger partial charge in [0.1, 0.15) is 12.4 Å². The average Bonchev–Trinajstić information content (AvgIpc) is 2.52. The van der Waals surface area contributed by atoms with E-state index in [-0.39, 0.29) is 5.91 Å². The van der Waals surface area contributed by atoms with Gasteiger partial charge in [0.2, 0.25) is 0 Å². The highest BCUT2D eigenvalue weighted by Crippen LogP contribution is 2.18. The fourth-order valence-corrected chi connectivity index (χ4v) is 2.47. The Kier molecular flexibility index (Phi) is 5.81. The van der Waals surface area contributed by atoms with E-state index < -0.39 is 0 Å². The van der Waals surface area contributed by atoms with Crippen molar-refractivity contribution in [2.45, 2.75) is 13.3 Å². The van der Waals surface area contributed by atoms with Crippen molar-refractivity contribution in [3.8, 4) is 5.75 Å². The Labute approximate surface area is 133 Å². The molecule has 2 aromatic carbocycles. The molecule has 0 saturated heterocycles. The predicted octanol–water partition coefficient (Wildman–Crippen LogP) is 3.82. The van der Waals surface area contributed by atoms with Crippen LogP contribution in [0.15, 0.2) is 53.0 Å². The topological polar surface area (TPSA) is 38.3 Å². The van der Waals surface area contributed by atoms with Crippen LogP contribution in [-0.2, 0) is 6.42 Å². The molecule has 1 amide bonds. The summed E-state index contributed by atoms with van der Waals surface area (Å²) >= 11 is 3.37. The maximum absolute atomic E-state index is 12.0. The van der Waals surface area contributed by atoms with Crippen LogP contribution in [0.4, 0.5) is 0 Å². The van der Waals surface area contributed by atoms with Gasteiger partial charge in [-0.05, 0) is 46.1 Å². The number of rotatable bonds is 6. The summed E-state index contributed by atoms with van der Waals surface area (Å²) in [4.78, 5) is 12.0. The molecular formula is C17H18BrNO2. The van der Waals surface area contributed by atoms with Gasteiger partial charge in [-0.2, -0.15) is 0 Å². The van der Waals surface area contributed by atoms with Crippen molar-refractivity contribution >= 4 is 21.8 Å². The van der Waals surface area contributed by atoms with Gasteiger partial charge in [0.15, 0.2) is 0 Å². The highest BCUT2D eigenvalue weighted by atomic mass is 79.9. The third kappa shape index (κ3) is 4.33.